The molecule has 0 unspecified atom stereocenters. The fourth-order valence-corrected chi connectivity index (χ4v) is 5.48. The Balaban J connectivity index is 1.78. The number of amidine groups is 1. The van der Waals surface area contributed by atoms with E-state index in [1.54, 1.807) is 36.4 Å². The molecule has 8 nitrogen and oxygen atoms in total. The number of hydrogen-bond acceptors (Lipinski definition) is 6. The Bertz CT molecular complexity index is 1170. The third-order valence-electron chi connectivity index (χ3n) is 4.37. The predicted molar refractivity (Wildman–Crippen MR) is 128 cm³/mol. The van der Waals surface area contributed by atoms with E-state index in [1.165, 1.54) is 30.2 Å². The number of thioether (sulfide) groups is 1. The Hall–Kier alpha value is -2.63. The minimum atomic E-state index is -4.04. The zero-order valence-electron chi connectivity index (χ0n) is 17.0. The Kier molecular flexibility index (Phi) is 7.75. The molecule has 1 aliphatic heterocycles. The Morgan fingerprint density at radius 1 is 1.31 bits per heavy atom. The number of ether oxygens (including phenoxy) is 1. The molecule has 0 bridgehead atoms. The van der Waals surface area contributed by atoms with Crippen molar-refractivity contribution in [2.24, 2.45) is 4.40 Å². The number of methoxy groups -OCH3 is 1. The molecule has 2 aromatic carbocycles. The zero-order chi connectivity index (χ0) is 23.3. The highest BCUT2D eigenvalue weighted by Crippen LogP contribution is 2.31. The van der Waals surface area contributed by atoms with Gasteiger partial charge >= 0.3 is 0 Å². The number of anilines is 1. The van der Waals surface area contributed by atoms with Gasteiger partial charge < -0.3 is 10.1 Å². The third kappa shape index (κ3) is 5.78. The van der Waals surface area contributed by atoms with Gasteiger partial charge in [-0.25, -0.2) is 0 Å². The molecule has 3 rings (SSSR count). The molecule has 1 atom stereocenters. The van der Waals surface area contributed by atoms with E-state index in [2.05, 4.69) is 32.2 Å². The number of benzene rings is 2. The first-order valence-corrected chi connectivity index (χ1v) is 12.5. The van der Waals surface area contributed by atoms with E-state index in [0.717, 1.165) is 16.2 Å². The van der Waals surface area contributed by atoms with E-state index in [-0.39, 0.29) is 28.9 Å². The average Bonchev–Trinajstić information content (AvgIpc) is 3.02. The molecule has 1 saturated heterocycles. The molecule has 0 radical (unpaired) electrons. The molecule has 2 aromatic rings. The van der Waals surface area contributed by atoms with Crippen molar-refractivity contribution >= 4 is 60.4 Å². The summed E-state index contributed by atoms with van der Waals surface area (Å²) in [6.07, 6.45) is 1.32. The summed E-state index contributed by atoms with van der Waals surface area (Å²) in [5.74, 6) is -0.209. The average molecular weight is 538 g/mol. The van der Waals surface area contributed by atoms with Crippen molar-refractivity contribution in [3.8, 4) is 5.75 Å². The normalized spacial score (nSPS) is 17.4. The maximum absolute atomic E-state index is 12.8. The summed E-state index contributed by atoms with van der Waals surface area (Å²) < 4.78 is 35.2. The van der Waals surface area contributed by atoms with E-state index in [9.17, 15) is 18.0 Å². The van der Waals surface area contributed by atoms with E-state index >= 15 is 0 Å². The van der Waals surface area contributed by atoms with Crippen LogP contribution in [0.2, 0.25) is 0 Å². The lowest BCUT2D eigenvalue weighted by Gasteiger charge is -2.13. The number of hydrogen-bond donors (Lipinski definition) is 1. The van der Waals surface area contributed by atoms with Crippen molar-refractivity contribution in [3.63, 3.8) is 0 Å². The minimum Gasteiger partial charge on any atom is -0.497 e. The van der Waals surface area contributed by atoms with Crippen LogP contribution < -0.4 is 10.1 Å². The molecule has 11 heteroatoms. The van der Waals surface area contributed by atoms with Crippen molar-refractivity contribution in [1.29, 1.82) is 0 Å². The lowest BCUT2D eigenvalue weighted by molar-refractivity contribution is -0.127. The summed E-state index contributed by atoms with van der Waals surface area (Å²) in [5, 5.41) is 1.92. The standard InChI is InChI=1S/C21H20BrN3O5S2/c1-3-11-25-20(27)18(13-19(26)23-15-5-4-6-16(12-15)30-2)31-21(25)24-32(28,29)17-9-7-14(22)8-10-17/h3-10,12,18H,1,11,13H2,2H3,(H,23,26)/t18-/m0/s1. The largest absolute Gasteiger partial charge is 0.497 e. The van der Waals surface area contributed by atoms with Crippen molar-refractivity contribution in [3.05, 3.63) is 65.7 Å². The highest BCUT2D eigenvalue weighted by Gasteiger charge is 2.39. The Morgan fingerprint density at radius 2 is 2.03 bits per heavy atom. The smallest absolute Gasteiger partial charge is 0.284 e. The highest BCUT2D eigenvalue weighted by molar-refractivity contribution is 9.10. The molecule has 0 spiro atoms. The van der Waals surface area contributed by atoms with Crippen LogP contribution in [0.1, 0.15) is 6.42 Å². The third-order valence-corrected chi connectivity index (χ3v) is 7.47. The number of rotatable bonds is 8. The van der Waals surface area contributed by atoms with Crippen molar-refractivity contribution < 1.29 is 22.7 Å². The van der Waals surface area contributed by atoms with Gasteiger partial charge in [0.2, 0.25) is 11.8 Å². The molecule has 1 heterocycles. The topological polar surface area (TPSA) is 105 Å². The molecule has 0 aromatic heterocycles. The molecule has 1 fully saturated rings. The van der Waals surface area contributed by atoms with E-state index in [0.29, 0.717) is 11.4 Å². The summed E-state index contributed by atoms with van der Waals surface area (Å²) in [7, 11) is -2.52. The van der Waals surface area contributed by atoms with E-state index in [4.69, 9.17) is 4.74 Å². The molecule has 1 N–H and O–H groups in total. The zero-order valence-corrected chi connectivity index (χ0v) is 20.2. The quantitative estimate of drug-likeness (QED) is 0.515. The van der Waals surface area contributed by atoms with Crippen LogP contribution in [-0.4, -0.2) is 49.2 Å². The summed E-state index contributed by atoms with van der Waals surface area (Å²) in [5.41, 5.74) is 0.527. The summed E-state index contributed by atoms with van der Waals surface area (Å²) >= 11 is 4.20. The Morgan fingerprint density at radius 3 is 2.69 bits per heavy atom. The van der Waals surface area contributed by atoms with Gasteiger partial charge in [0.15, 0.2) is 5.17 Å². The molecular formula is C21H20BrN3O5S2. The number of carbonyl (C=O) groups is 2. The van der Waals surface area contributed by atoms with Gasteiger partial charge in [-0.3, -0.25) is 14.5 Å². The highest BCUT2D eigenvalue weighted by atomic mass is 79.9. The first-order valence-electron chi connectivity index (χ1n) is 9.37. The van der Waals surface area contributed by atoms with Crippen molar-refractivity contribution in [1.82, 2.24) is 4.90 Å². The molecule has 1 aliphatic rings. The SMILES string of the molecule is C=CCN1C(=O)[C@H](CC(=O)Nc2cccc(OC)c2)SC1=NS(=O)(=O)c1ccc(Br)cc1. The van der Waals surface area contributed by atoms with Crippen LogP contribution in [-0.2, 0) is 19.6 Å². The van der Waals surface area contributed by atoms with Crippen LogP contribution in [0.3, 0.4) is 0 Å². The Labute approximate surface area is 198 Å². The van der Waals surface area contributed by atoms with Gasteiger partial charge in [-0.1, -0.05) is 39.8 Å². The second-order valence-electron chi connectivity index (χ2n) is 6.63. The van der Waals surface area contributed by atoms with Crippen LogP contribution >= 0.6 is 27.7 Å². The number of amides is 2. The minimum absolute atomic E-state index is 0.000907. The number of carbonyl (C=O) groups excluding carboxylic acids is 2. The molecule has 2 amide bonds. The van der Waals surface area contributed by atoms with Crippen LogP contribution in [0, 0.1) is 0 Å². The van der Waals surface area contributed by atoms with Gasteiger partial charge in [0.1, 0.15) is 11.0 Å². The van der Waals surface area contributed by atoms with Gasteiger partial charge in [0.05, 0.1) is 12.0 Å². The fraction of sp³-hybridized carbons (Fsp3) is 0.190. The monoisotopic (exact) mass is 537 g/mol. The maximum Gasteiger partial charge on any atom is 0.284 e. The van der Waals surface area contributed by atoms with Crippen LogP contribution in [0.25, 0.3) is 0 Å². The molecular weight excluding hydrogens is 518 g/mol. The van der Waals surface area contributed by atoms with Gasteiger partial charge in [-0.05, 0) is 36.4 Å². The molecule has 0 aliphatic carbocycles. The molecule has 0 saturated carbocycles. The van der Waals surface area contributed by atoms with Crippen molar-refractivity contribution in [2.75, 3.05) is 19.0 Å². The fourth-order valence-electron chi connectivity index (χ4n) is 2.85. The number of nitrogens with one attached hydrogen (secondary N) is 1. The second-order valence-corrected chi connectivity index (χ2v) is 10.3. The van der Waals surface area contributed by atoms with Gasteiger partial charge in [-0.15, -0.1) is 11.0 Å². The van der Waals surface area contributed by atoms with Gasteiger partial charge in [0, 0.05) is 29.2 Å². The summed E-state index contributed by atoms with van der Waals surface area (Å²) in [6, 6.07) is 12.8. The summed E-state index contributed by atoms with van der Waals surface area (Å²) in [6.45, 7) is 3.69. The summed E-state index contributed by atoms with van der Waals surface area (Å²) in [4.78, 5) is 26.6. The first kappa shape index (κ1) is 24.0. The first-order chi connectivity index (χ1) is 15.2. The van der Waals surface area contributed by atoms with Crippen molar-refractivity contribution in [2.45, 2.75) is 16.6 Å². The lowest BCUT2D eigenvalue weighted by Crippen LogP contribution is -2.33. The van der Waals surface area contributed by atoms with Crippen LogP contribution in [0.5, 0.6) is 5.75 Å². The number of nitrogens with zero attached hydrogens (tertiary/aromatic N) is 2. The predicted octanol–water partition coefficient (Wildman–Crippen LogP) is 3.66. The number of halogens is 1. The van der Waals surface area contributed by atoms with Gasteiger partial charge in [-0.2, -0.15) is 8.42 Å². The lowest BCUT2D eigenvalue weighted by atomic mass is 10.2. The van der Waals surface area contributed by atoms with E-state index < -0.39 is 21.2 Å². The number of sulfonamides is 1. The van der Waals surface area contributed by atoms with Crippen LogP contribution in [0.15, 0.2) is 75.0 Å². The molecule has 32 heavy (non-hydrogen) atoms. The van der Waals surface area contributed by atoms with E-state index in [1.807, 2.05) is 0 Å². The van der Waals surface area contributed by atoms with Gasteiger partial charge in [0.25, 0.3) is 10.0 Å². The maximum atomic E-state index is 12.8. The second kappa shape index (κ2) is 10.3. The molecule has 168 valence electrons. The van der Waals surface area contributed by atoms with Crippen LogP contribution in [0.4, 0.5) is 5.69 Å².